The molecule has 18 heavy (non-hydrogen) atoms. The van der Waals surface area contributed by atoms with Gasteiger partial charge in [0.15, 0.2) is 0 Å². The van der Waals surface area contributed by atoms with Crippen LogP contribution < -0.4 is 5.73 Å². The number of amides is 1. The highest BCUT2D eigenvalue weighted by Gasteiger charge is 2.16. The summed E-state index contributed by atoms with van der Waals surface area (Å²) < 4.78 is 0. The van der Waals surface area contributed by atoms with Crippen molar-refractivity contribution in [1.29, 1.82) is 0 Å². The zero-order valence-electron chi connectivity index (χ0n) is 9.65. The molecule has 2 rings (SSSR count). The summed E-state index contributed by atoms with van der Waals surface area (Å²) in [4.78, 5) is 19.3. The van der Waals surface area contributed by atoms with E-state index in [1.807, 2.05) is 0 Å². The number of aromatic nitrogens is 2. The van der Waals surface area contributed by atoms with E-state index in [-0.39, 0.29) is 6.42 Å². The SMILES string of the molecule is NC(=O)c1ccccc1C(O)Cc1cnccn1. The van der Waals surface area contributed by atoms with Gasteiger partial charge in [0.05, 0.1) is 11.8 Å². The Balaban J connectivity index is 2.24. The number of hydrogen-bond donors (Lipinski definition) is 2. The first-order chi connectivity index (χ1) is 8.68. The maximum atomic E-state index is 11.3. The fraction of sp³-hybridized carbons (Fsp3) is 0.154. The molecule has 1 aromatic carbocycles. The van der Waals surface area contributed by atoms with Gasteiger partial charge in [-0.15, -0.1) is 0 Å². The lowest BCUT2D eigenvalue weighted by molar-refractivity contribution is 0.0992. The number of aliphatic hydroxyl groups excluding tert-OH is 1. The van der Waals surface area contributed by atoms with Gasteiger partial charge in [-0.3, -0.25) is 14.8 Å². The van der Waals surface area contributed by atoms with Gasteiger partial charge in [0.25, 0.3) is 0 Å². The normalized spacial score (nSPS) is 12.1. The van der Waals surface area contributed by atoms with E-state index in [1.165, 1.54) is 0 Å². The largest absolute Gasteiger partial charge is 0.388 e. The highest BCUT2D eigenvalue weighted by molar-refractivity contribution is 5.94. The van der Waals surface area contributed by atoms with Gasteiger partial charge in [0.1, 0.15) is 0 Å². The summed E-state index contributed by atoms with van der Waals surface area (Å²) in [5.41, 5.74) is 6.76. The molecule has 1 atom stereocenters. The molecule has 1 amide bonds. The summed E-state index contributed by atoms with van der Waals surface area (Å²) in [6.07, 6.45) is 4.16. The van der Waals surface area contributed by atoms with Crippen molar-refractivity contribution < 1.29 is 9.90 Å². The first-order valence-electron chi connectivity index (χ1n) is 5.50. The minimum absolute atomic E-state index is 0.290. The highest BCUT2D eigenvalue weighted by atomic mass is 16.3. The second-order valence-corrected chi connectivity index (χ2v) is 3.87. The molecule has 0 saturated heterocycles. The van der Waals surface area contributed by atoms with Gasteiger partial charge in [-0.05, 0) is 11.6 Å². The van der Waals surface area contributed by atoms with Crippen LogP contribution >= 0.6 is 0 Å². The Kier molecular flexibility index (Phi) is 3.64. The van der Waals surface area contributed by atoms with Crippen LogP contribution in [0.25, 0.3) is 0 Å². The average molecular weight is 243 g/mol. The van der Waals surface area contributed by atoms with E-state index in [4.69, 9.17) is 5.73 Å². The molecule has 0 aliphatic heterocycles. The average Bonchev–Trinajstić information content (AvgIpc) is 2.40. The molecule has 5 heteroatoms. The van der Waals surface area contributed by atoms with Crippen LogP contribution in [0.1, 0.15) is 27.7 Å². The number of primary amides is 1. The molecule has 3 N–H and O–H groups in total. The van der Waals surface area contributed by atoms with Crippen molar-refractivity contribution in [1.82, 2.24) is 9.97 Å². The van der Waals surface area contributed by atoms with Crippen LogP contribution in [0, 0.1) is 0 Å². The van der Waals surface area contributed by atoms with E-state index in [0.29, 0.717) is 16.8 Å². The maximum Gasteiger partial charge on any atom is 0.249 e. The monoisotopic (exact) mass is 243 g/mol. The molecule has 0 spiro atoms. The number of carbonyl (C=O) groups excluding carboxylic acids is 1. The lowest BCUT2D eigenvalue weighted by atomic mass is 9.99. The van der Waals surface area contributed by atoms with Crippen molar-refractivity contribution in [3.8, 4) is 0 Å². The predicted octanol–water partition coefficient (Wildman–Crippen LogP) is 0.852. The number of carbonyl (C=O) groups is 1. The third-order valence-corrected chi connectivity index (χ3v) is 2.60. The zero-order chi connectivity index (χ0) is 13.0. The Morgan fingerprint density at radius 3 is 2.78 bits per heavy atom. The van der Waals surface area contributed by atoms with E-state index in [1.54, 1.807) is 42.9 Å². The van der Waals surface area contributed by atoms with Crippen molar-refractivity contribution >= 4 is 5.91 Å². The Morgan fingerprint density at radius 1 is 1.33 bits per heavy atom. The summed E-state index contributed by atoms with van der Waals surface area (Å²) in [7, 11) is 0. The lowest BCUT2D eigenvalue weighted by Gasteiger charge is -2.13. The minimum Gasteiger partial charge on any atom is -0.388 e. The zero-order valence-corrected chi connectivity index (χ0v) is 9.65. The molecule has 1 heterocycles. The lowest BCUT2D eigenvalue weighted by Crippen LogP contribution is -2.16. The third kappa shape index (κ3) is 2.70. The standard InChI is InChI=1S/C13H13N3O2/c14-13(18)11-4-2-1-3-10(11)12(17)7-9-8-15-5-6-16-9/h1-6,8,12,17H,7H2,(H2,14,18). The summed E-state index contributed by atoms with van der Waals surface area (Å²) in [5, 5.41) is 10.1. The van der Waals surface area contributed by atoms with Crippen molar-refractivity contribution in [3.05, 3.63) is 59.7 Å². The molecule has 0 saturated carbocycles. The van der Waals surface area contributed by atoms with Crippen molar-refractivity contribution in [3.63, 3.8) is 0 Å². The Hall–Kier alpha value is -2.27. The van der Waals surface area contributed by atoms with E-state index in [0.717, 1.165) is 0 Å². The second-order valence-electron chi connectivity index (χ2n) is 3.87. The summed E-state index contributed by atoms with van der Waals surface area (Å²) in [6.45, 7) is 0. The molecule has 5 nitrogen and oxygen atoms in total. The molecule has 0 fully saturated rings. The first-order valence-corrected chi connectivity index (χ1v) is 5.50. The number of nitrogens with two attached hydrogens (primary N) is 1. The molecule has 0 bridgehead atoms. The van der Waals surface area contributed by atoms with Gasteiger partial charge in [0, 0.05) is 30.6 Å². The predicted molar refractivity (Wildman–Crippen MR) is 65.7 cm³/mol. The molecule has 1 aromatic heterocycles. The van der Waals surface area contributed by atoms with Gasteiger partial charge in [0.2, 0.25) is 5.91 Å². The quantitative estimate of drug-likeness (QED) is 0.833. The van der Waals surface area contributed by atoms with Gasteiger partial charge in [-0.1, -0.05) is 18.2 Å². The number of rotatable bonds is 4. The molecule has 92 valence electrons. The van der Waals surface area contributed by atoms with Crippen LogP contribution in [0.2, 0.25) is 0 Å². The van der Waals surface area contributed by atoms with Crippen LogP contribution in [0.15, 0.2) is 42.9 Å². The molecule has 2 aromatic rings. The molecular formula is C13H13N3O2. The van der Waals surface area contributed by atoms with Crippen LogP contribution in [0.3, 0.4) is 0 Å². The molecular weight excluding hydrogens is 230 g/mol. The smallest absolute Gasteiger partial charge is 0.249 e. The Morgan fingerprint density at radius 2 is 2.11 bits per heavy atom. The van der Waals surface area contributed by atoms with Gasteiger partial charge in [-0.25, -0.2) is 0 Å². The van der Waals surface area contributed by atoms with E-state index in [2.05, 4.69) is 9.97 Å². The number of benzene rings is 1. The van der Waals surface area contributed by atoms with Crippen LogP contribution in [-0.2, 0) is 6.42 Å². The topological polar surface area (TPSA) is 89.1 Å². The highest BCUT2D eigenvalue weighted by Crippen LogP contribution is 2.20. The Labute approximate surface area is 104 Å². The number of nitrogens with zero attached hydrogens (tertiary/aromatic N) is 2. The fourth-order valence-electron chi connectivity index (χ4n) is 1.76. The van der Waals surface area contributed by atoms with Gasteiger partial charge in [-0.2, -0.15) is 0 Å². The molecule has 0 radical (unpaired) electrons. The van der Waals surface area contributed by atoms with Crippen LogP contribution in [-0.4, -0.2) is 21.0 Å². The minimum atomic E-state index is -0.828. The van der Waals surface area contributed by atoms with Crippen LogP contribution in [0.5, 0.6) is 0 Å². The van der Waals surface area contributed by atoms with Crippen molar-refractivity contribution in [2.24, 2.45) is 5.73 Å². The van der Waals surface area contributed by atoms with Crippen molar-refractivity contribution in [2.75, 3.05) is 0 Å². The van der Waals surface area contributed by atoms with Gasteiger partial charge >= 0.3 is 0 Å². The summed E-state index contributed by atoms with van der Waals surface area (Å²) in [5.74, 6) is -0.552. The second kappa shape index (κ2) is 5.37. The number of aliphatic hydroxyl groups is 1. The van der Waals surface area contributed by atoms with Gasteiger partial charge < -0.3 is 10.8 Å². The Bertz CT molecular complexity index is 543. The molecule has 0 aliphatic rings. The van der Waals surface area contributed by atoms with Crippen LogP contribution in [0.4, 0.5) is 0 Å². The number of hydrogen-bond acceptors (Lipinski definition) is 4. The van der Waals surface area contributed by atoms with E-state index >= 15 is 0 Å². The molecule has 1 unspecified atom stereocenters. The fourth-order valence-corrected chi connectivity index (χ4v) is 1.76. The van der Waals surface area contributed by atoms with Crippen molar-refractivity contribution in [2.45, 2.75) is 12.5 Å². The third-order valence-electron chi connectivity index (χ3n) is 2.60. The first kappa shape index (κ1) is 12.2. The molecule has 0 aliphatic carbocycles. The van der Waals surface area contributed by atoms with E-state index < -0.39 is 12.0 Å². The maximum absolute atomic E-state index is 11.3. The van der Waals surface area contributed by atoms with E-state index in [9.17, 15) is 9.90 Å². The summed E-state index contributed by atoms with van der Waals surface area (Å²) >= 11 is 0. The summed E-state index contributed by atoms with van der Waals surface area (Å²) in [6, 6.07) is 6.74.